The third-order valence-corrected chi connectivity index (χ3v) is 5.69. The molecule has 3 unspecified atom stereocenters. The number of hydrogen-bond acceptors (Lipinski definition) is 5. The average Bonchev–Trinajstić information content (AvgIpc) is 3.30. The molecule has 0 saturated carbocycles. The van der Waals surface area contributed by atoms with Crippen LogP contribution in [-0.2, 0) is 0 Å². The molecule has 6 nitrogen and oxygen atoms in total. The van der Waals surface area contributed by atoms with E-state index in [2.05, 4.69) is 4.98 Å². The third kappa shape index (κ3) is 3.25. The van der Waals surface area contributed by atoms with E-state index in [1.165, 1.54) is 12.1 Å². The van der Waals surface area contributed by atoms with Gasteiger partial charge >= 0.3 is 0 Å². The Morgan fingerprint density at radius 1 is 1.18 bits per heavy atom. The molecule has 2 aromatic rings. The van der Waals surface area contributed by atoms with Crippen LogP contribution in [0.25, 0.3) is 0 Å². The molecule has 7 heteroatoms. The average molecular weight is 386 g/mol. The number of aromatic nitrogens is 1. The van der Waals surface area contributed by atoms with Gasteiger partial charge in [0.1, 0.15) is 22.9 Å². The Kier molecular flexibility index (Phi) is 5.07. The number of carbonyl (C=O) groups is 1. The van der Waals surface area contributed by atoms with Crippen molar-refractivity contribution in [2.24, 2.45) is 5.92 Å². The largest absolute Gasteiger partial charge is 0.496 e. The molecule has 1 aromatic heterocycles. The van der Waals surface area contributed by atoms with Crippen molar-refractivity contribution >= 4 is 5.91 Å². The molecule has 2 aliphatic rings. The molecule has 0 radical (unpaired) electrons. The summed E-state index contributed by atoms with van der Waals surface area (Å²) in [6.07, 6.45) is 3.95. The third-order valence-electron chi connectivity index (χ3n) is 5.69. The fraction of sp³-hybridized carbons (Fsp3) is 0.429. The number of nitrogens with zero attached hydrogens (tertiary/aromatic N) is 2. The minimum Gasteiger partial charge on any atom is -0.496 e. The van der Waals surface area contributed by atoms with E-state index in [0.717, 1.165) is 25.5 Å². The number of halogens is 1. The highest BCUT2D eigenvalue weighted by atomic mass is 19.1. The second-order valence-corrected chi connectivity index (χ2v) is 7.17. The summed E-state index contributed by atoms with van der Waals surface area (Å²) < 4.78 is 29.6. The Bertz CT molecular complexity index is 836. The van der Waals surface area contributed by atoms with Crippen LogP contribution >= 0.6 is 0 Å². The number of ether oxygens (including phenoxy) is 3. The van der Waals surface area contributed by atoms with Crippen LogP contribution < -0.4 is 14.2 Å². The van der Waals surface area contributed by atoms with Crippen molar-refractivity contribution in [1.82, 2.24) is 9.88 Å². The van der Waals surface area contributed by atoms with Crippen molar-refractivity contribution < 1.29 is 23.4 Å². The quantitative estimate of drug-likeness (QED) is 0.762. The second kappa shape index (κ2) is 7.66. The van der Waals surface area contributed by atoms with Gasteiger partial charge < -0.3 is 19.1 Å². The van der Waals surface area contributed by atoms with Crippen molar-refractivity contribution in [2.45, 2.75) is 31.3 Å². The molecule has 1 amide bonds. The summed E-state index contributed by atoms with van der Waals surface area (Å²) in [7, 11) is 3.10. The number of carbonyl (C=O) groups excluding carboxylic acids is 1. The molecule has 2 saturated heterocycles. The number of fused-ring (bicyclic) bond motifs is 2. The first-order valence-electron chi connectivity index (χ1n) is 9.40. The van der Waals surface area contributed by atoms with Gasteiger partial charge in [-0.2, -0.15) is 0 Å². The summed E-state index contributed by atoms with van der Waals surface area (Å²) >= 11 is 0. The van der Waals surface area contributed by atoms with Crippen LogP contribution in [0.15, 0.2) is 36.5 Å². The van der Waals surface area contributed by atoms with Crippen LogP contribution in [0.3, 0.4) is 0 Å². The first-order valence-corrected chi connectivity index (χ1v) is 9.40. The Hall–Kier alpha value is -2.83. The molecule has 0 aliphatic carbocycles. The SMILES string of the molecule is COc1cccc(OC)c1C(=O)N1C2CCC1C(COc1ccc(F)cn1)C2. The Labute approximate surface area is 163 Å². The zero-order chi connectivity index (χ0) is 19.7. The van der Waals surface area contributed by atoms with Crippen molar-refractivity contribution in [3.05, 3.63) is 47.9 Å². The van der Waals surface area contributed by atoms with E-state index in [1.807, 2.05) is 4.90 Å². The Balaban J connectivity index is 1.51. The van der Waals surface area contributed by atoms with Crippen molar-refractivity contribution in [3.63, 3.8) is 0 Å². The molecular weight excluding hydrogens is 363 g/mol. The number of pyridine rings is 1. The number of hydrogen-bond donors (Lipinski definition) is 0. The number of amides is 1. The smallest absolute Gasteiger partial charge is 0.261 e. The maximum Gasteiger partial charge on any atom is 0.261 e. The van der Waals surface area contributed by atoms with E-state index in [4.69, 9.17) is 14.2 Å². The van der Waals surface area contributed by atoms with E-state index in [-0.39, 0.29) is 23.9 Å². The highest BCUT2D eigenvalue weighted by molar-refractivity contribution is 6.00. The zero-order valence-electron chi connectivity index (χ0n) is 15.9. The normalized spacial score (nSPS) is 23.0. The fourth-order valence-electron chi connectivity index (χ4n) is 4.44. The van der Waals surface area contributed by atoms with E-state index >= 15 is 0 Å². The summed E-state index contributed by atoms with van der Waals surface area (Å²) in [6, 6.07) is 8.48. The standard InChI is InChI=1S/C21H23FN2O4/c1-26-17-4-3-5-18(27-2)20(17)21(25)24-15-7-8-16(24)13(10-15)12-28-19-9-6-14(22)11-23-19/h3-6,9,11,13,15-16H,7-8,10,12H2,1-2H3. The summed E-state index contributed by atoms with van der Waals surface area (Å²) in [5, 5.41) is 0. The van der Waals surface area contributed by atoms with Crippen molar-refractivity contribution in [1.29, 1.82) is 0 Å². The van der Waals surface area contributed by atoms with Crippen LogP contribution in [0.5, 0.6) is 17.4 Å². The van der Waals surface area contributed by atoms with Crippen LogP contribution in [0, 0.1) is 11.7 Å². The molecule has 0 spiro atoms. The lowest BCUT2D eigenvalue weighted by Gasteiger charge is -2.26. The first kappa shape index (κ1) is 18.5. The zero-order valence-corrected chi connectivity index (χ0v) is 15.9. The van der Waals surface area contributed by atoms with Crippen LogP contribution in [0.1, 0.15) is 29.6 Å². The summed E-state index contributed by atoms with van der Waals surface area (Å²) in [4.78, 5) is 19.3. The van der Waals surface area contributed by atoms with Gasteiger partial charge in [-0.3, -0.25) is 4.79 Å². The minimum atomic E-state index is -0.394. The van der Waals surface area contributed by atoms with E-state index in [1.54, 1.807) is 32.4 Å². The van der Waals surface area contributed by atoms with Gasteiger partial charge in [0.25, 0.3) is 5.91 Å². The summed E-state index contributed by atoms with van der Waals surface area (Å²) in [5.41, 5.74) is 0.464. The van der Waals surface area contributed by atoms with E-state index < -0.39 is 5.82 Å². The molecule has 148 valence electrons. The monoisotopic (exact) mass is 386 g/mol. The van der Waals surface area contributed by atoms with Gasteiger partial charge in [0.2, 0.25) is 5.88 Å². The van der Waals surface area contributed by atoms with Gasteiger partial charge in [0.15, 0.2) is 0 Å². The van der Waals surface area contributed by atoms with Crippen LogP contribution in [0.4, 0.5) is 4.39 Å². The lowest BCUT2D eigenvalue weighted by Crippen LogP contribution is -2.37. The predicted molar refractivity (Wildman–Crippen MR) is 100 cm³/mol. The maximum absolute atomic E-state index is 13.4. The molecule has 1 aromatic carbocycles. The second-order valence-electron chi connectivity index (χ2n) is 7.17. The maximum atomic E-state index is 13.4. The molecule has 2 bridgehead atoms. The summed E-state index contributed by atoms with van der Waals surface area (Å²) in [6.45, 7) is 0.451. The predicted octanol–water partition coefficient (Wildman–Crippen LogP) is 3.31. The number of benzene rings is 1. The van der Waals surface area contributed by atoms with Gasteiger partial charge in [-0.15, -0.1) is 0 Å². The topological polar surface area (TPSA) is 60.9 Å². The van der Waals surface area contributed by atoms with Crippen LogP contribution in [0.2, 0.25) is 0 Å². The van der Waals surface area contributed by atoms with E-state index in [9.17, 15) is 9.18 Å². The number of rotatable bonds is 6. The number of methoxy groups -OCH3 is 2. The lowest BCUT2D eigenvalue weighted by molar-refractivity contribution is 0.0703. The molecule has 0 N–H and O–H groups in total. The molecule has 3 heterocycles. The molecule has 2 aliphatic heterocycles. The van der Waals surface area contributed by atoms with Gasteiger partial charge in [0, 0.05) is 24.1 Å². The Morgan fingerprint density at radius 3 is 2.57 bits per heavy atom. The van der Waals surface area contributed by atoms with Gasteiger partial charge in [-0.1, -0.05) is 6.07 Å². The van der Waals surface area contributed by atoms with E-state index in [0.29, 0.717) is 29.5 Å². The molecule has 4 rings (SSSR count). The Morgan fingerprint density at radius 2 is 1.93 bits per heavy atom. The van der Waals surface area contributed by atoms with Gasteiger partial charge in [-0.05, 0) is 37.5 Å². The van der Waals surface area contributed by atoms with Crippen molar-refractivity contribution in [3.8, 4) is 17.4 Å². The fourth-order valence-corrected chi connectivity index (χ4v) is 4.44. The first-order chi connectivity index (χ1) is 13.6. The van der Waals surface area contributed by atoms with Gasteiger partial charge in [0.05, 0.1) is 27.0 Å². The summed E-state index contributed by atoms with van der Waals surface area (Å²) in [5.74, 6) is 1.18. The molecule has 28 heavy (non-hydrogen) atoms. The molecule has 2 fully saturated rings. The highest BCUT2D eigenvalue weighted by Crippen LogP contribution is 2.44. The molecular formula is C21H23FN2O4. The van der Waals surface area contributed by atoms with Crippen LogP contribution in [-0.4, -0.2) is 48.7 Å². The lowest BCUT2D eigenvalue weighted by atomic mass is 9.90. The minimum absolute atomic E-state index is 0.0655. The van der Waals surface area contributed by atoms with Crippen molar-refractivity contribution in [2.75, 3.05) is 20.8 Å². The van der Waals surface area contributed by atoms with Gasteiger partial charge in [-0.25, -0.2) is 9.37 Å². The molecule has 3 atom stereocenters. The highest BCUT2D eigenvalue weighted by Gasteiger charge is 2.49.